The van der Waals surface area contributed by atoms with Gasteiger partial charge in [-0.1, -0.05) is 23.7 Å². The normalized spacial score (nSPS) is 14.7. The number of fused-ring (bicyclic) bond motifs is 1. The zero-order valence-corrected chi connectivity index (χ0v) is 12.5. The molecule has 0 atom stereocenters. The minimum absolute atomic E-state index is 0.338. The van der Waals surface area contributed by atoms with Gasteiger partial charge in [0, 0.05) is 11.3 Å². The monoisotopic (exact) mass is 318 g/mol. The van der Waals surface area contributed by atoms with Gasteiger partial charge in [-0.3, -0.25) is 0 Å². The predicted octanol–water partition coefficient (Wildman–Crippen LogP) is 4.32. The van der Waals surface area contributed by atoms with Crippen LogP contribution in [0.4, 0.5) is 0 Å². The number of hydrogen-bond acceptors (Lipinski definition) is 3. The molecule has 1 N–H and O–H groups in total. The van der Waals surface area contributed by atoms with E-state index in [9.17, 15) is 9.90 Å². The van der Waals surface area contributed by atoms with Crippen molar-refractivity contribution in [2.24, 2.45) is 0 Å². The summed E-state index contributed by atoms with van der Waals surface area (Å²) in [5.74, 6) is -0.448. The van der Waals surface area contributed by atoms with Crippen LogP contribution >= 0.6 is 22.9 Å². The highest BCUT2D eigenvalue weighted by molar-refractivity contribution is 7.20. The Kier molecular flexibility index (Phi) is 2.80. The van der Waals surface area contributed by atoms with Crippen LogP contribution in [-0.2, 0) is 0 Å². The fourth-order valence-electron chi connectivity index (χ4n) is 2.48. The first-order chi connectivity index (χ1) is 10.1. The first kappa shape index (κ1) is 12.9. The lowest BCUT2D eigenvalue weighted by Gasteiger charge is -2.04. The lowest BCUT2D eigenvalue weighted by atomic mass is 10.2. The first-order valence-electron chi connectivity index (χ1n) is 6.66. The lowest BCUT2D eigenvalue weighted by molar-refractivity contribution is 0.0702. The summed E-state index contributed by atoms with van der Waals surface area (Å²) in [5, 5.41) is 15.5. The Balaban J connectivity index is 2.00. The molecule has 1 aliphatic rings. The highest BCUT2D eigenvalue weighted by Gasteiger charge is 2.31. The minimum Gasteiger partial charge on any atom is -0.477 e. The van der Waals surface area contributed by atoms with Crippen molar-refractivity contribution >= 4 is 39.1 Å². The summed E-state index contributed by atoms with van der Waals surface area (Å²) in [6.07, 6.45) is 2.24. The molecule has 1 aliphatic carbocycles. The Bertz CT molecular complexity index is 864. The number of rotatable bonds is 3. The smallest absolute Gasteiger partial charge is 0.345 e. The van der Waals surface area contributed by atoms with Crippen molar-refractivity contribution in [3.63, 3.8) is 0 Å². The van der Waals surface area contributed by atoms with E-state index in [0.717, 1.165) is 34.4 Å². The fourth-order valence-corrected chi connectivity index (χ4v) is 3.67. The van der Waals surface area contributed by atoms with Crippen molar-refractivity contribution in [2.75, 3.05) is 0 Å². The third kappa shape index (κ3) is 2.04. The van der Waals surface area contributed by atoms with Crippen LogP contribution in [0.25, 0.3) is 15.9 Å². The number of thiophene rings is 1. The maximum absolute atomic E-state index is 11.2. The second kappa shape index (κ2) is 4.58. The van der Waals surface area contributed by atoms with E-state index in [1.54, 1.807) is 10.7 Å². The van der Waals surface area contributed by atoms with Crippen molar-refractivity contribution in [3.8, 4) is 5.69 Å². The van der Waals surface area contributed by atoms with Crippen LogP contribution in [0.3, 0.4) is 0 Å². The summed E-state index contributed by atoms with van der Waals surface area (Å²) in [7, 11) is 0. The lowest BCUT2D eigenvalue weighted by Crippen LogP contribution is -1.97. The summed E-state index contributed by atoms with van der Waals surface area (Å²) in [5.41, 5.74) is 1.78. The van der Waals surface area contributed by atoms with E-state index in [0.29, 0.717) is 15.8 Å². The van der Waals surface area contributed by atoms with Crippen LogP contribution < -0.4 is 0 Å². The average Bonchev–Trinajstić information content (AvgIpc) is 3.10. The maximum atomic E-state index is 11.2. The molecule has 106 valence electrons. The summed E-state index contributed by atoms with van der Waals surface area (Å²) in [6.45, 7) is 0. The molecule has 0 spiro atoms. The number of aromatic nitrogens is 2. The van der Waals surface area contributed by atoms with E-state index in [-0.39, 0.29) is 0 Å². The zero-order chi connectivity index (χ0) is 14.6. The quantitative estimate of drug-likeness (QED) is 0.782. The van der Waals surface area contributed by atoms with Gasteiger partial charge in [0.15, 0.2) is 0 Å². The van der Waals surface area contributed by atoms with Crippen LogP contribution in [0.2, 0.25) is 5.02 Å². The SMILES string of the molecule is O=C(O)c1cc2c(C3CC3)nn(-c3ccccc3Cl)c2s1. The molecule has 1 saturated carbocycles. The van der Waals surface area contributed by atoms with Crippen molar-refractivity contribution < 1.29 is 9.90 Å². The summed E-state index contributed by atoms with van der Waals surface area (Å²) in [6, 6.07) is 9.21. The van der Waals surface area contributed by atoms with Crippen LogP contribution in [0, 0.1) is 0 Å². The molecule has 0 radical (unpaired) electrons. The molecular formula is C15H11ClN2O2S. The van der Waals surface area contributed by atoms with Crippen molar-refractivity contribution in [1.82, 2.24) is 9.78 Å². The highest BCUT2D eigenvalue weighted by atomic mass is 35.5. The molecule has 0 unspecified atom stereocenters. The standard InChI is InChI=1S/C15H11ClN2O2S/c16-10-3-1-2-4-11(10)18-14-9(7-12(21-14)15(19)20)13(17-18)8-5-6-8/h1-4,7-8H,5-6H2,(H,19,20). The van der Waals surface area contributed by atoms with Gasteiger partial charge >= 0.3 is 5.97 Å². The summed E-state index contributed by atoms with van der Waals surface area (Å²) in [4.78, 5) is 12.4. The third-order valence-corrected chi connectivity index (χ3v) is 5.06. The summed E-state index contributed by atoms with van der Waals surface area (Å²) < 4.78 is 1.78. The first-order valence-corrected chi connectivity index (χ1v) is 7.85. The molecule has 4 rings (SSSR count). The molecule has 0 bridgehead atoms. The number of carboxylic acid groups (broad SMARTS) is 1. The number of hydrogen-bond donors (Lipinski definition) is 1. The van der Waals surface area contributed by atoms with Crippen LogP contribution in [0.5, 0.6) is 0 Å². The molecule has 0 amide bonds. The van der Waals surface area contributed by atoms with Crippen LogP contribution in [-0.4, -0.2) is 20.9 Å². The largest absolute Gasteiger partial charge is 0.477 e. The Morgan fingerprint density at radius 2 is 2.14 bits per heavy atom. The molecule has 2 heterocycles. The fraction of sp³-hybridized carbons (Fsp3) is 0.200. The number of para-hydroxylation sites is 1. The number of carbonyl (C=O) groups is 1. The number of aromatic carboxylic acids is 1. The Morgan fingerprint density at radius 3 is 2.81 bits per heavy atom. The van der Waals surface area contributed by atoms with Crippen LogP contribution in [0.1, 0.15) is 34.1 Å². The van der Waals surface area contributed by atoms with E-state index in [4.69, 9.17) is 16.7 Å². The molecule has 21 heavy (non-hydrogen) atoms. The molecule has 2 aromatic heterocycles. The van der Waals surface area contributed by atoms with Gasteiger partial charge in [0.1, 0.15) is 9.71 Å². The zero-order valence-electron chi connectivity index (χ0n) is 10.9. The van der Waals surface area contributed by atoms with Crippen molar-refractivity contribution in [3.05, 3.63) is 45.9 Å². The molecule has 0 aliphatic heterocycles. The van der Waals surface area contributed by atoms with E-state index in [2.05, 4.69) is 0 Å². The van der Waals surface area contributed by atoms with Crippen molar-refractivity contribution in [2.45, 2.75) is 18.8 Å². The molecule has 1 aromatic carbocycles. The maximum Gasteiger partial charge on any atom is 0.345 e. The van der Waals surface area contributed by atoms with Gasteiger partial charge < -0.3 is 5.11 Å². The second-order valence-corrected chi connectivity index (χ2v) is 6.60. The number of benzene rings is 1. The second-order valence-electron chi connectivity index (χ2n) is 5.16. The molecule has 6 heteroatoms. The molecule has 4 nitrogen and oxygen atoms in total. The molecule has 3 aromatic rings. The van der Waals surface area contributed by atoms with E-state index in [1.165, 1.54) is 11.3 Å². The topological polar surface area (TPSA) is 55.1 Å². The number of carboxylic acids is 1. The minimum atomic E-state index is -0.899. The van der Waals surface area contributed by atoms with Gasteiger partial charge in [-0.25, -0.2) is 9.48 Å². The Hall–Kier alpha value is -1.85. The molecular weight excluding hydrogens is 308 g/mol. The number of halogens is 1. The number of nitrogens with zero attached hydrogens (tertiary/aromatic N) is 2. The molecule has 0 saturated heterocycles. The van der Waals surface area contributed by atoms with Gasteiger partial charge in [-0.15, -0.1) is 11.3 Å². The van der Waals surface area contributed by atoms with Crippen molar-refractivity contribution in [1.29, 1.82) is 0 Å². The predicted molar refractivity (Wildman–Crippen MR) is 82.9 cm³/mol. The highest BCUT2D eigenvalue weighted by Crippen LogP contribution is 2.45. The van der Waals surface area contributed by atoms with Gasteiger partial charge in [-0.2, -0.15) is 5.10 Å². The summed E-state index contributed by atoms with van der Waals surface area (Å²) >= 11 is 7.50. The van der Waals surface area contributed by atoms with Gasteiger partial charge in [0.05, 0.1) is 16.4 Å². The van der Waals surface area contributed by atoms with Gasteiger partial charge in [0.2, 0.25) is 0 Å². The van der Waals surface area contributed by atoms with Gasteiger partial charge in [0.25, 0.3) is 0 Å². The Labute approximate surface area is 129 Å². The van der Waals surface area contributed by atoms with Gasteiger partial charge in [-0.05, 0) is 31.0 Å². The Morgan fingerprint density at radius 1 is 1.38 bits per heavy atom. The van der Waals surface area contributed by atoms with E-state index >= 15 is 0 Å². The molecule has 1 fully saturated rings. The van der Waals surface area contributed by atoms with Crippen LogP contribution in [0.15, 0.2) is 30.3 Å². The third-order valence-electron chi connectivity index (χ3n) is 3.64. The van der Waals surface area contributed by atoms with E-state index in [1.807, 2.05) is 24.3 Å². The average molecular weight is 319 g/mol. The van der Waals surface area contributed by atoms with E-state index < -0.39 is 5.97 Å².